The second-order valence-electron chi connectivity index (χ2n) is 6.20. The van der Waals surface area contributed by atoms with Crippen LogP contribution >= 0.6 is 11.3 Å². The molecular weight excluding hydrogens is 314 g/mol. The van der Waals surface area contributed by atoms with Gasteiger partial charge in [-0.3, -0.25) is 0 Å². The molecule has 0 atom stereocenters. The molecule has 0 amide bonds. The molecule has 1 aromatic carbocycles. The number of aromatic nitrogens is 1. The van der Waals surface area contributed by atoms with Gasteiger partial charge in [0.05, 0.1) is 5.69 Å². The Balaban J connectivity index is 2.04. The van der Waals surface area contributed by atoms with Crippen LogP contribution in [-0.4, -0.2) is 4.98 Å². The van der Waals surface area contributed by atoms with Crippen LogP contribution in [0, 0.1) is 17.2 Å². The minimum atomic E-state index is 0.282. The van der Waals surface area contributed by atoms with Gasteiger partial charge in [0, 0.05) is 16.0 Å². The van der Waals surface area contributed by atoms with E-state index in [4.69, 9.17) is 5.73 Å². The van der Waals surface area contributed by atoms with Crippen LogP contribution < -0.4 is 5.73 Å². The summed E-state index contributed by atoms with van der Waals surface area (Å²) in [7, 11) is 0. The van der Waals surface area contributed by atoms with E-state index in [1.807, 2.05) is 23.6 Å². The third-order valence-electron chi connectivity index (χ3n) is 3.84. The van der Waals surface area contributed by atoms with Crippen LogP contribution in [0.4, 0.5) is 5.82 Å². The van der Waals surface area contributed by atoms with Crippen LogP contribution in [-0.2, 0) is 6.42 Å². The molecule has 2 heterocycles. The minimum absolute atomic E-state index is 0.282. The molecule has 0 saturated heterocycles. The molecule has 3 rings (SSSR count). The molecule has 2 aromatic heterocycles. The fraction of sp³-hybridized carbons (Fsp3) is 0.200. The maximum atomic E-state index is 9.41. The van der Waals surface area contributed by atoms with E-state index in [9.17, 15) is 5.26 Å². The number of hydrogen-bond acceptors (Lipinski definition) is 4. The van der Waals surface area contributed by atoms with E-state index in [0.29, 0.717) is 11.5 Å². The number of benzene rings is 1. The number of nitrogen functional groups attached to an aromatic ring is 1. The SMILES string of the molecule is CC(C)Cc1ccc(-c2cc(-c3cccs3)c(C#N)c(N)n2)cc1. The molecule has 0 bridgehead atoms. The predicted molar refractivity (Wildman–Crippen MR) is 101 cm³/mol. The number of pyridine rings is 1. The standard InChI is InChI=1S/C20H19N3S/c1-13(2)10-14-5-7-15(8-6-14)18-11-16(19-4-3-9-24-19)17(12-21)20(22)23-18/h3-9,11,13H,10H2,1-2H3,(H2,22,23). The van der Waals surface area contributed by atoms with Gasteiger partial charge in [-0.05, 0) is 35.4 Å². The Morgan fingerprint density at radius 3 is 2.54 bits per heavy atom. The van der Waals surface area contributed by atoms with Crippen LogP contribution in [0.15, 0.2) is 47.8 Å². The van der Waals surface area contributed by atoms with Crippen molar-refractivity contribution in [3.63, 3.8) is 0 Å². The summed E-state index contributed by atoms with van der Waals surface area (Å²) < 4.78 is 0. The maximum absolute atomic E-state index is 9.41. The maximum Gasteiger partial charge on any atom is 0.142 e. The lowest BCUT2D eigenvalue weighted by atomic mass is 9.99. The number of nitrogens with two attached hydrogens (primary N) is 1. The van der Waals surface area contributed by atoms with Gasteiger partial charge in [0.2, 0.25) is 0 Å². The first-order valence-corrected chi connectivity index (χ1v) is 8.80. The van der Waals surface area contributed by atoms with Crippen molar-refractivity contribution in [1.82, 2.24) is 4.98 Å². The van der Waals surface area contributed by atoms with Crippen LogP contribution in [0.2, 0.25) is 0 Å². The highest BCUT2D eigenvalue weighted by Crippen LogP contribution is 2.33. The first kappa shape index (κ1) is 16.2. The molecule has 0 aliphatic rings. The topological polar surface area (TPSA) is 62.7 Å². The zero-order valence-electron chi connectivity index (χ0n) is 13.8. The van der Waals surface area contributed by atoms with Gasteiger partial charge < -0.3 is 5.73 Å². The minimum Gasteiger partial charge on any atom is -0.383 e. The second-order valence-corrected chi connectivity index (χ2v) is 7.15. The number of anilines is 1. The van der Waals surface area contributed by atoms with Crippen molar-refractivity contribution in [3.8, 4) is 27.8 Å². The fourth-order valence-corrected chi connectivity index (χ4v) is 3.49. The lowest BCUT2D eigenvalue weighted by Crippen LogP contribution is -1.99. The Hall–Kier alpha value is -2.64. The first-order valence-electron chi connectivity index (χ1n) is 7.92. The number of nitriles is 1. The zero-order valence-corrected chi connectivity index (χ0v) is 14.6. The lowest BCUT2D eigenvalue weighted by Gasteiger charge is -2.10. The molecule has 0 aliphatic heterocycles. The van der Waals surface area contributed by atoms with Crippen LogP contribution in [0.5, 0.6) is 0 Å². The highest BCUT2D eigenvalue weighted by atomic mass is 32.1. The summed E-state index contributed by atoms with van der Waals surface area (Å²) >= 11 is 1.59. The van der Waals surface area contributed by atoms with E-state index in [0.717, 1.165) is 28.1 Å². The largest absolute Gasteiger partial charge is 0.383 e. The number of hydrogen-bond donors (Lipinski definition) is 1. The van der Waals surface area contributed by atoms with Gasteiger partial charge in [0.1, 0.15) is 17.5 Å². The summed E-state index contributed by atoms with van der Waals surface area (Å²) in [5.41, 5.74) is 10.5. The lowest BCUT2D eigenvalue weighted by molar-refractivity contribution is 0.647. The van der Waals surface area contributed by atoms with Crippen molar-refractivity contribution in [1.29, 1.82) is 5.26 Å². The Labute approximate surface area is 146 Å². The van der Waals surface area contributed by atoms with Gasteiger partial charge in [-0.25, -0.2) is 4.98 Å². The monoisotopic (exact) mass is 333 g/mol. The Morgan fingerprint density at radius 2 is 1.96 bits per heavy atom. The molecule has 0 radical (unpaired) electrons. The third-order valence-corrected chi connectivity index (χ3v) is 4.74. The zero-order chi connectivity index (χ0) is 17.1. The van der Waals surface area contributed by atoms with Crippen LogP contribution in [0.1, 0.15) is 25.0 Å². The molecule has 3 nitrogen and oxygen atoms in total. The first-order chi connectivity index (χ1) is 11.6. The predicted octanol–water partition coefficient (Wildman–Crippen LogP) is 5.13. The quantitative estimate of drug-likeness (QED) is 0.720. The molecule has 3 aromatic rings. The number of rotatable bonds is 4. The Morgan fingerprint density at radius 1 is 1.21 bits per heavy atom. The molecule has 120 valence electrons. The average molecular weight is 333 g/mol. The summed E-state index contributed by atoms with van der Waals surface area (Å²) in [6, 6.07) is 16.5. The van der Waals surface area contributed by atoms with E-state index in [2.05, 4.69) is 49.2 Å². The van der Waals surface area contributed by atoms with E-state index in [1.165, 1.54) is 5.56 Å². The van der Waals surface area contributed by atoms with Crippen molar-refractivity contribution in [2.75, 3.05) is 5.73 Å². The number of nitrogens with zero attached hydrogens (tertiary/aromatic N) is 2. The Kier molecular flexibility index (Phi) is 4.64. The molecule has 4 heteroatoms. The van der Waals surface area contributed by atoms with E-state index in [1.54, 1.807) is 11.3 Å². The highest BCUT2D eigenvalue weighted by molar-refractivity contribution is 7.13. The van der Waals surface area contributed by atoms with Gasteiger partial charge in [-0.1, -0.05) is 44.2 Å². The summed E-state index contributed by atoms with van der Waals surface area (Å²) in [6.45, 7) is 4.42. The van der Waals surface area contributed by atoms with E-state index in [-0.39, 0.29) is 5.82 Å². The van der Waals surface area contributed by atoms with Crippen molar-refractivity contribution in [2.45, 2.75) is 20.3 Å². The second kappa shape index (κ2) is 6.86. The molecule has 0 aliphatic carbocycles. The molecular formula is C20H19N3S. The van der Waals surface area contributed by atoms with Crippen molar-refractivity contribution >= 4 is 17.2 Å². The van der Waals surface area contributed by atoms with Crippen molar-refractivity contribution < 1.29 is 0 Å². The molecule has 24 heavy (non-hydrogen) atoms. The summed E-state index contributed by atoms with van der Waals surface area (Å²) in [4.78, 5) is 5.46. The van der Waals surface area contributed by atoms with Gasteiger partial charge in [-0.2, -0.15) is 5.26 Å². The van der Waals surface area contributed by atoms with Gasteiger partial charge >= 0.3 is 0 Å². The molecule has 0 fully saturated rings. The third kappa shape index (κ3) is 3.32. The van der Waals surface area contributed by atoms with E-state index >= 15 is 0 Å². The van der Waals surface area contributed by atoms with Crippen molar-refractivity contribution in [2.24, 2.45) is 5.92 Å². The number of thiophene rings is 1. The van der Waals surface area contributed by atoms with Gasteiger partial charge in [0.15, 0.2) is 0 Å². The molecule has 0 saturated carbocycles. The van der Waals surface area contributed by atoms with Gasteiger partial charge in [-0.15, -0.1) is 11.3 Å². The van der Waals surface area contributed by atoms with Crippen molar-refractivity contribution in [3.05, 3.63) is 59.0 Å². The van der Waals surface area contributed by atoms with Crippen LogP contribution in [0.3, 0.4) is 0 Å². The van der Waals surface area contributed by atoms with Gasteiger partial charge in [0.25, 0.3) is 0 Å². The van der Waals surface area contributed by atoms with Crippen LogP contribution in [0.25, 0.3) is 21.7 Å². The molecule has 2 N–H and O–H groups in total. The average Bonchev–Trinajstić information content (AvgIpc) is 3.08. The smallest absolute Gasteiger partial charge is 0.142 e. The summed E-state index contributed by atoms with van der Waals surface area (Å²) in [6.07, 6.45) is 1.06. The van der Waals surface area contributed by atoms with E-state index < -0.39 is 0 Å². The normalized spacial score (nSPS) is 10.8. The highest BCUT2D eigenvalue weighted by Gasteiger charge is 2.14. The molecule has 0 spiro atoms. The summed E-state index contributed by atoms with van der Waals surface area (Å²) in [5.74, 6) is 0.912. The molecule has 0 unspecified atom stereocenters. The Bertz CT molecular complexity index is 872. The summed E-state index contributed by atoms with van der Waals surface area (Å²) in [5, 5.41) is 11.4. The fourth-order valence-electron chi connectivity index (χ4n) is 2.74.